The Morgan fingerprint density at radius 3 is 2.78 bits per heavy atom. The van der Waals surface area contributed by atoms with Crippen molar-refractivity contribution in [2.75, 3.05) is 26.8 Å². The molecular weight excluding hydrogens is 462 g/mol. The van der Waals surface area contributed by atoms with Gasteiger partial charge in [-0.1, -0.05) is 6.42 Å². The van der Waals surface area contributed by atoms with E-state index in [4.69, 9.17) is 9.47 Å². The Balaban J connectivity index is 1.18. The Hall–Kier alpha value is -2.94. The van der Waals surface area contributed by atoms with E-state index in [2.05, 4.69) is 10.2 Å². The number of hydrogen-bond acceptors (Lipinski definition) is 7. The summed E-state index contributed by atoms with van der Waals surface area (Å²) in [7, 11) is 1.47. The first kappa shape index (κ1) is 24.7. The number of nitrogens with zero attached hydrogens (tertiary/aromatic N) is 2. The first-order valence-corrected chi connectivity index (χ1v) is 13.1. The second kappa shape index (κ2) is 10.6. The average Bonchev–Trinajstić information content (AvgIpc) is 3.47. The maximum atomic E-state index is 12.9. The molecule has 1 saturated carbocycles. The second-order valence-corrected chi connectivity index (χ2v) is 10.6. The van der Waals surface area contributed by atoms with Gasteiger partial charge in [0.1, 0.15) is 18.4 Å². The summed E-state index contributed by atoms with van der Waals surface area (Å²) in [5.74, 6) is 0.329. The third-order valence-corrected chi connectivity index (χ3v) is 8.25. The lowest BCUT2D eigenvalue weighted by Gasteiger charge is -2.37. The number of methoxy groups -OCH3 is 1. The van der Waals surface area contributed by atoms with Crippen LogP contribution in [0.4, 0.5) is 0 Å². The molecule has 3 aliphatic heterocycles. The minimum atomic E-state index is -0.614. The fraction of sp³-hybridized carbons (Fsp3) is 0.630. The SMILES string of the molecule is COC(=O)[C@@H]1CC[C@H](CN2CCCC[C@H]2COc2ccc3c(c2)CN(C2CCC(=O)NC2=O)C3=O)C1. The van der Waals surface area contributed by atoms with Gasteiger partial charge < -0.3 is 14.4 Å². The van der Waals surface area contributed by atoms with Gasteiger partial charge in [-0.05, 0) is 74.8 Å². The standard InChI is InChI=1S/C27H35N3O6/c1-35-27(34)18-6-5-17(12-18)14-29-11-3-2-4-20(29)16-36-21-7-8-22-19(13-21)15-30(26(22)33)23-9-10-24(31)28-25(23)32/h7-8,13,17-18,20,23H,2-6,9-12,14-16H2,1H3,(H,28,31,32)/t17-,18+,20-,23?/m0/s1. The molecule has 1 aromatic carbocycles. The van der Waals surface area contributed by atoms with Crippen LogP contribution in [0.1, 0.15) is 67.3 Å². The lowest BCUT2D eigenvalue weighted by Crippen LogP contribution is -2.52. The van der Waals surface area contributed by atoms with Crippen molar-refractivity contribution in [3.8, 4) is 5.75 Å². The van der Waals surface area contributed by atoms with Crippen LogP contribution in [0.3, 0.4) is 0 Å². The molecule has 194 valence electrons. The van der Waals surface area contributed by atoms with E-state index < -0.39 is 11.9 Å². The van der Waals surface area contributed by atoms with E-state index in [0.717, 1.165) is 50.1 Å². The van der Waals surface area contributed by atoms with Gasteiger partial charge in [0, 0.05) is 31.1 Å². The molecule has 2 saturated heterocycles. The largest absolute Gasteiger partial charge is 0.492 e. The fourth-order valence-electron chi connectivity index (χ4n) is 6.28. The Labute approximate surface area is 211 Å². The van der Waals surface area contributed by atoms with Crippen LogP contribution in [0, 0.1) is 11.8 Å². The highest BCUT2D eigenvalue weighted by molar-refractivity contribution is 6.05. The van der Waals surface area contributed by atoms with E-state index in [1.165, 1.54) is 20.0 Å². The molecule has 3 amide bonds. The first-order valence-electron chi connectivity index (χ1n) is 13.1. The molecule has 4 aliphatic rings. The van der Waals surface area contributed by atoms with Gasteiger partial charge in [0.2, 0.25) is 11.8 Å². The lowest BCUT2D eigenvalue weighted by molar-refractivity contribution is -0.145. The van der Waals surface area contributed by atoms with Crippen LogP contribution in [0.5, 0.6) is 5.75 Å². The summed E-state index contributed by atoms with van der Waals surface area (Å²) in [5.41, 5.74) is 1.44. The molecule has 1 aliphatic carbocycles. The maximum absolute atomic E-state index is 12.9. The molecule has 1 N–H and O–H groups in total. The van der Waals surface area contributed by atoms with Crippen LogP contribution in [-0.4, -0.2) is 72.4 Å². The van der Waals surface area contributed by atoms with Crippen molar-refractivity contribution in [1.82, 2.24) is 15.1 Å². The average molecular weight is 498 g/mol. The summed E-state index contributed by atoms with van der Waals surface area (Å²) in [4.78, 5) is 52.7. The van der Waals surface area contributed by atoms with E-state index in [-0.39, 0.29) is 30.1 Å². The molecule has 1 unspecified atom stereocenters. The smallest absolute Gasteiger partial charge is 0.308 e. The predicted octanol–water partition coefficient (Wildman–Crippen LogP) is 2.27. The van der Waals surface area contributed by atoms with Crippen LogP contribution < -0.4 is 10.1 Å². The number of fused-ring (bicyclic) bond motifs is 1. The molecule has 3 fully saturated rings. The molecule has 0 aromatic heterocycles. The molecule has 0 bridgehead atoms. The summed E-state index contributed by atoms with van der Waals surface area (Å²) in [5, 5.41) is 2.34. The molecular formula is C27H35N3O6. The van der Waals surface area contributed by atoms with Gasteiger partial charge in [-0.2, -0.15) is 0 Å². The normalized spacial score (nSPS) is 28.7. The van der Waals surface area contributed by atoms with Gasteiger partial charge in [-0.25, -0.2) is 0 Å². The minimum absolute atomic E-state index is 0.0355. The molecule has 5 rings (SSSR count). The highest BCUT2D eigenvalue weighted by Crippen LogP contribution is 2.34. The van der Waals surface area contributed by atoms with E-state index in [1.54, 1.807) is 11.0 Å². The zero-order valence-electron chi connectivity index (χ0n) is 20.9. The summed E-state index contributed by atoms with van der Waals surface area (Å²) < 4.78 is 11.2. The number of likely N-dealkylation sites (tertiary alicyclic amines) is 1. The molecule has 3 heterocycles. The number of ether oxygens (including phenoxy) is 2. The van der Waals surface area contributed by atoms with E-state index >= 15 is 0 Å². The van der Waals surface area contributed by atoms with E-state index in [0.29, 0.717) is 37.1 Å². The number of esters is 1. The zero-order chi connectivity index (χ0) is 25.2. The van der Waals surface area contributed by atoms with Crippen LogP contribution in [0.15, 0.2) is 18.2 Å². The van der Waals surface area contributed by atoms with Crippen molar-refractivity contribution in [2.24, 2.45) is 11.8 Å². The molecule has 1 aromatic rings. The third-order valence-electron chi connectivity index (χ3n) is 8.25. The number of carbonyl (C=O) groups excluding carboxylic acids is 4. The van der Waals surface area contributed by atoms with Crippen molar-refractivity contribution in [3.05, 3.63) is 29.3 Å². The Morgan fingerprint density at radius 1 is 1.11 bits per heavy atom. The zero-order valence-corrected chi connectivity index (χ0v) is 20.9. The minimum Gasteiger partial charge on any atom is -0.492 e. The Bertz CT molecular complexity index is 1040. The summed E-state index contributed by atoms with van der Waals surface area (Å²) in [6.45, 7) is 2.96. The fourth-order valence-corrected chi connectivity index (χ4v) is 6.28. The quantitative estimate of drug-likeness (QED) is 0.455. The van der Waals surface area contributed by atoms with Gasteiger partial charge in [0.15, 0.2) is 0 Å². The van der Waals surface area contributed by atoms with Gasteiger partial charge in [0.05, 0.1) is 13.0 Å². The van der Waals surface area contributed by atoms with Crippen molar-refractivity contribution in [3.63, 3.8) is 0 Å². The first-order chi connectivity index (χ1) is 17.4. The summed E-state index contributed by atoms with van der Waals surface area (Å²) in [6.07, 6.45) is 6.92. The molecule has 36 heavy (non-hydrogen) atoms. The maximum Gasteiger partial charge on any atom is 0.308 e. The molecule has 0 radical (unpaired) electrons. The van der Waals surface area contributed by atoms with Gasteiger partial charge in [-0.15, -0.1) is 0 Å². The third kappa shape index (κ3) is 5.12. The predicted molar refractivity (Wildman–Crippen MR) is 130 cm³/mol. The van der Waals surface area contributed by atoms with Crippen molar-refractivity contribution < 1.29 is 28.7 Å². The van der Waals surface area contributed by atoms with Crippen molar-refractivity contribution >= 4 is 23.7 Å². The number of rotatable bonds is 7. The Kier molecular flexibility index (Phi) is 7.27. The van der Waals surface area contributed by atoms with Crippen LogP contribution >= 0.6 is 0 Å². The number of piperidine rings is 2. The lowest BCUT2D eigenvalue weighted by atomic mass is 9.98. The molecule has 0 spiro atoms. The van der Waals surface area contributed by atoms with E-state index in [9.17, 15) is 19.2 Å². The highest BCUT2D eigenvalue weighted by atomic mass is 16.5. The Morgan fingerprint density at radius 2 is 1.97 bits per heavy atom. The van der Waals surface area contributed by atoms with Gasteiger partial charge >= 0.3 is 5.97 Å². The number of amides is 3. The van der Waals surface area contributed by atoms with Crippen LogP contribution in [0.2, 0.25) is 0 Å². The molecule has 4 atom stereocenters. The monoisotopic (exact) mass is 497 g/mol. The van der Waals surface area contributed by atoms with Crippen molar-refractivity contribution in [1.29, 1.82) is 0 Å². The number of carbonyl (C=O) groups is 4. The van der Waals surface area contributed by atoms with Gasteiger partial charge in [0.25, 0.3) is 5.91 Å². The topological polar surface area (TPSA) is 105 Å². The molecule has 9 nitrogen and oxygen atoms in total. The number of hydrogen-bond donors (Lipinski definition) is 1. The van der Waals surface area contributed by atoms with Gasteiger partial charge in [-0.3, -0.25) is 29.4 Å². The highest BCUT2D eigenvalue weighted by Gasteiger charge is 2.39. The van der Waals surface area contributed by atoms with Crippen molar-refractivity contribution in [2.45, 2.75) is 70.0 Å². The molecule has 9 heteroatoms. The van der Waals surface area contributed by atoms with Crippen LogP contribution in [0.25, 0.3) is 0 Å². The summed E-state index contributed by atoms with van der Waals surface area (Å²) >= 11 is 0. The van der Waals surface area contributed by atoms with E-state index in [1.807, 2.05) is 12.1 Å². The second-order valence-electron chi connectivity index (χ2n) is 10.6. The number of imide groups is 1. The van der Waals surface area contributed by atoms with Crippen LogP contribution in [-0.2, 0) is 25.7 Å². The number of nitrogens with one attached hydrogen (secondary N) is 1. The number of benzene rings is 1. The summed E-state index contributed by atoms with van der Waals surface area (Å²) in [6, 6.07) is 5.23.